The summed E-state index contributed by atoms with van der Waals surface area (Å²) in [4.78, 5) is 30.8. The van der Waals surface area contributed by atoms with Crippen LogP contribution in [0.25, 0.3) is 11.4 Å². The van der Waals surface area contributed by atoms with Crippen molar-refractivity contribution in [1.82, 2.24) is 30.4 Å². The minimum Gasteiger partial charge on any atom is -0.356 e. The lowest BCUT2D eigenvalue weighted by atomic mass is 9.94. The molecule has 3 aromatic rings. The summed E-state index contributed by atoms with van der Waals surface area (Å²) in [5.41, 5.74) is 4.13. The van der Waals surface area contributed by atoms with Gasteiger partial charge in [-0.25, -0.2) is 4.98 Å². The number of nitrogens with one attached hydrogen (secondary N) is 1. The number of carbonyl (C=O) groups is 1. The molecule has 0 spiro atoms. The Kier molecular flexibility index (Phi) is 4.96. The van der Waals surface area contributed by atoms with Crippen molar-refractivity contribution in [3.63, 3.8) is 0 Å². The number of hydrogen-bond donors (Lipinski definition) is 1. The molecule has 0 atom stereocenters. The third-order valence-corrected chi connectivity index (χ3v) is 4.74. The summed E-state index contributed by atoms with van der Waals surface area (Å²) in [6, 6.07) is 0. The summed E-state index contributed by atoms with van der Waals surface area (Å²) >= 11 is 0. The number of hydrogen-bond acceptors (Lipinski definition) is 8. The van der Waals surface area contributed by atoms with E-state index in [-0.39, 0.29) is 5.91 Å². The van der Waals surface area contributed by atoms with Crippen LogP contribution in [0.1, 0.15) is 29.6 Å². The molecule has 4 heterocycles. The van der Waals surface area contributed by atoms with Gasteiger partial charge in [-0.1, -0.05) is 5.16 Å². The minimum atomic E-state index is -0.0791. The van der Waals surface area contributed by atoms with Gasteiger partial charge in [-0.2, -0.15) is 4.98 Å². The summed E-state index contributed by atoms with van der Waals surface area (Å²) in [5.74, 6) is 1.82. The first-order valence-corrected chi connectivity index (χ1v) is 9.17. The molecule has 28 heavy (non-hydrogen) atoms. The molecule has 4 rings (SSSR count). The van der Waals surface area contributed by atoms with Crippen LogP contribution in [0.15, 0.2) is 29.3 Å². The van der Waals surface area contributed by atoms with E-state index in [4.69, 9.17) is 4.52 Å². The van der Waals surface area contributed by atoms with Crippen LogP contribution in [0.4, 0.5) is 5.82 Å². The summed E-state index contributed by atoms with van der Waals surface area (Å²) in [6.07, 6.45) is 8.38. The van der Waals surface area contributed by atoms with Crippen molar-refractivity contribution in [2.75, 3.05) is 18.0 Å². The van der Waals surface area contributed by atoms with Gasteiger partial charge in [0.15, 0.2) is 0 Å². The summed E-state index contributed by atoms with van der Waals surface area (Å²) < 4.78 is 5.37. The van der Waals surface area contributed by atoms with Crippen LogP contribution in [0.5, 0.6) is 0 Å². The van der Waals surface area contributed by atoms with Gasteiger partial charge in [0.05, 0.1) is 6.20 Å². The van der Waals surface area contributed by atoms with E-state index < -0.39 is 0 Å². The predicted molar refractivity (Wildman–Crippen MR) is 101 cm³/mol. The molecule has 1 amide bonds. The molecule has 1 aliphatic rings. The molecule has 144 valence electrons. The maximum absolute atomic E-state index is 11.0. The smallest absolute Gasteiger partial charge is 0.228 e. The largest absolute Gasteiger partial charge is 0.356 e. The zero-order chi connectivity index (χ0) is 19.5. The van der Waals surface area contributed by atoms with Crippen LogP contribution in [0.3, 0.4) is 0 Å². The van der Waals surface area contributed by atoms with Crippen LogP contribution in [-0.4, -0.2) is 44.1 Å². The molecule has 1 N–H and O–H groups in total. The number of amides is 1. The van der Waals surface area contributed by atoms with Crippen molar-refractivity contribution in [2.45, 2.75) is 33.2 Å². The molecular formula is C19H21N7O2. The summed E-state index contributed by atoms with van der Waals surface area (Å²) in [6.45, 7) is 5.44. The molecular weight excluding hydrogens is 358 g/mol. The lowest BCUT2D eigenvalue weighted by Crippen LogP contribution is -2.31. The van der Waals surface area contributed by atoms with Crippen molar-refractivity contribution in [1.29, 1.82) is 0 Å². The summed E-state index contributed by atoms with van der Waals surface area (Å²) in [5, 5.41) is 6.88. The Morgan fingerprint density at radius 1 is 1.29 bits per heavy atom. The molecule has 0 radical (unpaired) electrons. The van der Waals surface area contributed by atoms with Gasteiger partial charge in [-0.15, -0.1) is 0 Å². The molecule has 0 unspecified atom stereocenters. The average molecular weight is 379 g/mol. The van der Waals surface area contributed by atoms with Crippen LogP contribution < -0.4 is 10.2 Å². The fourth-order valence-corrected chi connectivity index (χ4v) is 3.40. The van der Waals surface area contributed by atoms with Gasteiger partial charge in [-0.05, 0) is 24.5 Å². The highest BCUT2D eigenvalue weighted by molar-refractivity contribution is 5.72. The second-order valence-corrected chi connectivity index (χ2v) is 6.70. The van der Waals surface area contributed by atoms with Crippen molar-refractivity contribution < 1.29 is 9.32 Å². The third kappa shape index (κ3) is 3.68. The molecule has 0 saturated carbocycles. The van der Waals surface area contributed by atoms with E-state index in [9.17, 15) is 4.79 Å². The van der Waals surface area contributed by atoms with Crippen molar-refractivity contribution in [3.8, 4) is 11.4 Å². The quantitative estimate of drug-likeness (QED) is 0.710. The number of aromatic nitrogens is 5. The third-order valence-electron chi connectivity index (χ3n) is 4.74. The highest BCUT2D eigenvalue weighted by atomic mass is 16.5. The van der Waals surface area contributed by atoms with Crippen LogP contribution >= 0.6 is 0 Å². The van der Waals surface area contributed by atoms with E-state index in [2.05, 4.69) is 35.3 Å². The lowest BCUT2D eigenvalue weighted by molar-refractivity contribution is -0.118. The molecule has 3 aromatic heterocycles. The molecule has 0 saturated heterocycles. The van der Waals surface area contributed by atoms with Crippen LogP contribution in [-0.2, 0) is 24.2 Å². The Morgan fingerprint density at radius 2 is 2.18 bits per heavy atom. The number of rotatable bonds is 5. The highest BCUT2D eigenvalue weighted by Crippen LogP contribution is 2.31. The van der Waals surface area contributed by atoms with Gasteiger partial charge in [-0.3, -0.25) is 14.8 Å². The van der Waals surface area contributed by atoms with E-state index in [0.717, 1.165) is 35.6 Å². The monoisotopic (exact) mass is 379 g/mol. The Labute approximate surface area is 162 Å². The highest BCUT2D eigenvalue weighted by Gasteiger charge is 2.24. The van der Waals surface area contributed by atoms with Gasteiger partial charge in [0.25, 0.3) is 0 Å². The number of fused-ring (bicyclic) bond motifs is 1. The first-order valence-electron chi connectivity index (χ1n) is 9.17. The zero-order valence-electron chi connectivity index (χ0n) is 15.8. The molecule has 0 fully saturated rings. The van der Waals surface area contributed by atoms with Gasteiger partial charge in [0, 0.05) is 62.8 Å². The first kappa shape index (κ1) is 18.0. The Bertz CT molecular complexity index is 987. The van der Waals surface area contributed by atoms with E-state index in [0.29, 0.717) is 31.2 Å². The van der Waals surface area contributed by atoms with E-state index in [1.54, 1.807) is 18.6 Å². The van der Waals surface area contributed by atoms with Gasteiger partial charge in [0.2, 0.25) is 17.6 Å². The maximum Gasteiger partial charge on any atom is 0.228 e. The van der Waals surface area contributed by atoms with E-state index in [1.807, 2.05) is 13.1 Å². The molecule has 0 aromatic carbocycles. The molecule has 9 nitrogen and oxygen atoms in total. The summed E-state index contributed by atoms with van der Waals surface area (Å²) in [7, 11) is 0. The SMILES string of the molecule is CC(=O)NCCc1nc(-c2c(C)ncc3c2CCN(c2cnccn2)C3)no1. The second-order valence-electron chi connectivity index (χ2n) is 6.70. The predicted octanol–water partition coefficient (Wildman–Crippen LogP) is 1.47. The number of pyridine rings is 1. The van der Waals surface area contributed by atoms with E-state index >= 15 is 0 Å². The molecule has 9 heteroatoms. The van der Waals surface area contributed by atoms with Gasteiger partial charge < -0.3 is 14.7 Å². The number of nitrogens with zero attached hydrogens (tertiary/aromatic N) is 6. The van der Waals surface area contributed by atoms with Gasteiger partial charge in [0.1, 0.15) is 5.82 Å². The number of carbonyl (C=O) groups excluding carboxylic acids is 1. The zero-order valence-corrected chi connectivity index (χ0v) is 15.8. The Balaban J connectivity index is 1.58. The second kappa shape index (κ2) is 7.71. The van der Waals surface area contributed by atoms with Crippen molar-refractivity contribution in [3.05, 3.63) is 47.5 Å². The molecule has 0 aliphatic carbocycles. The van der Waals surface area contributed by atoms with Crippen LogP contribution in [0.2, 0.25) is 0 Å². The number of anilines is 1. The molecule has 0 bridgehead atoms. The minimum absolute atomic E-state index is 0.0791. The Hall–Kier alpha value is -3.36. The maximum atomic E-state index is 11.0. The van der Waals surface area contributed by atoms with Crippen LogP contribution in [0, 0.1) is 6.92 Å². The number of aryl methyl sites for hydroxylation is 1. The topological polar surface area (TPSA) is 110 Å². The van der Waals surface area contributed by atoms with Crippen molar-refractivity contribution >= 4 is 11.7 Å². The normalized spacial score (nSPS) is 13.3. The Morgan fingerprint density at radius 3 is 2.96 bits per heavy atom. The average Bonchev–Trinajstić information content (AvgIpc) is 3.16. The fraction of sp³-hybridized carbons (Fsp3) is 0.368. The van der Waals surface area contributed by atoms with Crippen molar-refractivity contribution in [2.24, 2.45) is 0 Å². The molecule has 1 aliphatic heterocycles. The van der Waals surface area contributed by atoms with Gasteiger partial charge >= 0.3 is 0 Å². The standard InChI is InChI=1S/C19H21N7O2/c1-12-18(19-24-17(28-25-19)3-5-21-13(2)27)15-4-8-26(11-14(15)9-23-12)16-10-20-6-7-22-16/h6-7,9-10H,3-5,8,11H2,1-2H3,(H,21,27). The first-order chi connectivity index (χ1) is 13.6. The lowest BCUT2D eigenvalue weighted by Gasteiger charge is -2.30. The van der Waals surface area contributed by atoms with E-state index in [1.165, 1.54) is 12.5 Å². The fourth-order valence-electron chi connectivity index (χ4n) is 3.40.